The third-order valence-electron chi connectivity index (χ3n) is 6.54. The van der Waals surface area contributed by atoms with Gasteiger partial charge in [0, 0.05) is 6.42 Å². The molecule has 0 spiro atoms. The molecule has 1 aliphatic rings. The zero-order valence-electron chi connectivity index (χ0n) is 19.4. The van der Waals surface area contributed by atoms with Crippen molar-refractivity contribution >= 4 is 5.97 Å². The van der Waals surface area contributed by atoms with Crippen LogP contribution in [0.15, 0.2) is 60.7 Å². The lowest BCUT2D eigenvalue weighted by atomic mass is 9.82. The highest BCUT2D eigenvalue weighted by Crippen LogP contribution is 2.39. The summed E-state index contributed by atoms with van der Waals surface area (Å²) < 4.78 is 0. The number of carbonyl (C=O) groups is 1. The normalized spacial score (nSPS) is 18.5. The van der Waals surface area contributed by atoms with Crippen LogP contribution in [0.25, 0.3) is 0 Å². The molecule has 2 aromatic carbocycles. The summed E-state index contributed by atoms with van der Waals surface area (Å²) in [7, 11) is 0. The van der Waals surface area contributed by atoms with Gasteiger partial charge < -0.3 is 9.94 Å². The second kappa shape index (κ2) is 9.54. The lowest BCUT2D eigenvalue weighted by molar-refractivity contribution is -0.265. The Morgan fingerprint density at radius 2 is 1.39 bits per heavy atom. The highest BCUT2D eigenvalue weighted by molar-refractivity contribution is 5.69. The van der Waals surface area contributed by atoms with Crippen LogP contribution in [0, 0.1) is 0 Å². The van der Waals surface area contributed by atoms with Crippen LogP contribution in [-0.2, 0) is 15.2 Å². The van der Waals surface area contributed by atoms with Crippen molar-refractivity contribution < 1.29 is 14.7 Å². The fourth-order valence-corrected chi connectivity index (χ4v) is 4.90. The predicted octanol–water partition coefficient (Wildman–Crippen LogP) is 5.98. The first-order valence-corrected chi connectivity index (χ1v) is 11.5. The molecule has 0 bridgehead atoms. The van der Waals surface area contributed by atoms with Gasteiger partial charge in [-0.15, -0.1) is 5.06 Å². The molecule has 168 valence electrons. The molecule has 3 rings (SSSR count). The van der Waals surface area contributed by atoms with Crippen LogP contribution < -0.4 is 0 Å². The maximum Gasteiger partial charge on any atom is 0.325 e. The molecular formula is C27H37NO3. The first-order valence-electron chi connectivity index (χ1n) is 11.5. The zero-order valence-corrected chi connectivity index (χ0v) is 19.4. The topological polar surface area (TPSA) is 49.8 Å². The number of rotatable bonds is 8. The molecule has 1 heterocycles. The third-order valence-corrected chi connectivity index (χ3v) is 6.54. The Labute approximate surface area is 187 Å². The maximum absolute atomic E-state index is 12.6. The van der Waals surface area contributed by atoms with Crippen LogP contribution in [0.3, 0.4) is 0 Å². The number of nitrogens with zero attached hydrogens (tertiary/aromatic N) is 1. The molecule has 0 saturated carbocycles. The first kappa shape index (κ1) is 23.5. The summed E-state index contributed by atoms with van der Waals surface area (Å²) >= 11 is 0. The number of carbonyl (C=O) groups excluding carboxylic acids is 1. The highest BCUT2D eigenvalue weighted by Gasteiger charge is 2.44. The van der Waals surface area contributed by atoms with Gasteiger partial charge in [-0.05, 0) is 77.3 Å². The summed E-state index contributed by atoms with van der Waals surface area (Å²) in [4.78, 5) is 18.5. The fraction of sp³-hybridized carbons (Fsp3) is 0.519. The van der Waals surface area contributed by atoms with E-state index in [1.165, 1.54) is 0 Å². The Hall–Kier alpha value is -2.17. The Morgan fingerprint density at radius 3 is 1.87 bits per heavy atom. The van der Waals surface area contributed by atoms with Gasteiger partial charge in [0.1, 0.15) is 5.60 Å². The van der Waals surface area contributed by atoms with Crippen LogP contribution in [0.5, 0.6) is 0 Å². The monoisotopic (exact) mass is 423 g/mol. The molecular weight excluding hydrogens is 386 g/mol. The molecule has 0 amide bonds. The Bertz CT molecular complexity index is 790. The second-order valence-corrected chi connectivity index (χ2v) is 10.0. The van der Waals surface area contributed by atoms with E-state index in [9.17, 15) is 9.90 Å². The second-order valence-electron chi connectivity index (χ2n) is 10.0. The van der Waals surface area contributed by atoms with Gasteiger partial charge in [-0.1, -0.05) is 60.7 Å². The minimum absolute atomic E-state index is 0.154. The fourth-order valence-electron chi connectivity index (χ4n) is 4.90. The van der Waals surface area contributed by atoms with Crippen molar-refractivity contribution in [1.82, 2.24) is 5.06 Å². The summed E-state index contributed by atoms with van der Waals surface area (Å²) in [5.41, 5.74) is 0.376. The minimum Gasteiger partial charge on any atom is -0.380 e. The van der Waals surface area contributed by atoms with Gasteiger partial charge in [-0.2, -0.15) is 0 Å². The van der Waals surface area contributed by atoms with Gasteiger partial charge in [-0.25, -0.2) is 0 Å². The quantitative estimate of drug-likeness (QED) is 0.530. The number of hydrogen-bond donors (Lipinski definition) is 1. The van der Waals surface area contributed by atoms with Crippen LogP contribution in [-0.4, -0.2) is 27.2 Å². The van der Waals surface area contributed by atoms with E-state index in [2.05, 4.69) is 27.7 Å². The number of benzene rings is 2. The molecule has 2 aromatic rings. The van der Waals surface area contributed by atoms with Gasteiger partial charge in [0.25, 0.3) is 0 Å². The molecule has 1 saturated heterocycles. The van der Waals surface area contributed by atoms with E-state index >= 15 is 0 Å². The summed E-state index contributed by atoms with van der Waals surface area (Å²) in [5, 5.41) is 13.5. The molecule has 1 aliphatic heterocycles. The Kier molecular flexibility index (Phi) is 7.23. The Morgan fingerprint density at radius 1 is 0.903 bits per heavy atom. The molecule has 1 fully saturated rings. The SMILES string of the molecule is CC1(C)CCCC(C)(C)N1OC(=O)CCCCC(O)(c1ccccc1)c1ccccc1. The molecule has 1 N–H and O–H groups in total. The standard InChI is InChI=1S/C27H37NO3/c1-25(2)19-13-20-26(3,4)28(25)31-24(29)18-11-12-21-27(30,22-14-7-5-8-15-22)23-16-9-6-10-17-23/h5-10,14-17,30H,11-13,18-21H2,1-4H3. The van der Waals surface area contributed by atoms with E-state index in [1.807, 2.05) is 65.7 Å². The average Bonchev–Trinajstić information content (AvgIpc) is 2.75. The molecule has 0 atom stereocenters. The first-order chi connectivity index (χ1) is 14.7. The molecule has 4 nitrogen and oxygen atoms in total. The van der Waals surface area contributed by atoms with Crippen LogP contribution in [0.4, 0.5) is 0 Å². The lowest BCUT2D eigenvalue weighted by Gasteiger charge is -2.50. The number of hydrogen-bond acceptors (Lipinski definition) is 4. The maximum atomic E-state index is 12.6. The molecule has 4 heteroatoms. The summed E-state index contributed by atoms with van der Waals surface area (Å²) in [5.74, 6) is -0.189. The van der Waals surface area contributed by atoms with Crippen molar-refractivity contribution in [3.8, 4) is 0 Å². The number of piperidine rings is 1. The van der Waals surface area contributed by atoms with Crippen LogP contribution >= 0.6 is 0 Å². The van der Waals surface area contributed by atoms with E-state index in [0.717, 1.165) is 36.8 Å². The summed E-state index contributed by atoms with van der Waals surface area (Å²) in [6.07, 6.45) is 5.48. The zero-order chi connectivity index (χ0) is 22.5. The van der Waals surface area contributed by atoms with Gasteiger partial charge in [0.2, 0.25) is 0 Å². The number of aliphatic hydroxyl groups is 1. The highest BCUT2D eigenvalue weighted by atomic mass is 16.7. The molecule has 0 unspecified atom stereocenters. The van der Waals surface area contributed by atoms with Crippen molar-refractivity contribution in [2.24, 2.45) is 0 Å². The average molecular weight is 424 g/mol. The van der Waals surface area contributed by atoms with Crippen molar-refractivity contribution in [3.63, 3.8) is 0 Å². The van der Waals surface area contributed by atoms with Crippen molar-refractivity contribution in [2.45, 2.75) is 89.3 Å². The van der Waals surface area contributed by atoms with E-state index in [0.29, 0.717) is 19.3 Å². The smallest absolute Gasteiger partial charge is 0.325 e. The van der Waals surface area contributed by atoms with E-state index < -0.39 is 5.60 Å². The summed E-state index contributed by atoms with van der Waals surface area (Å²) in [6.45, 7) is 8.56. The van der Waals surface area contributed by atoms with Crippen LogP contribution in [0.1, 0.15) is 83.8 Å². The third kappa shape index (κ3) is 5.55. The largest absolute Gasteiger partial charge is 0.380 e. The summed E-state index contributed by atoms with van der Waals surface area (Å²) in [6, 6.07) is 19.5. The van der Waals surface area contributed by atoms with E-state index in [-0.39, 0.29) is 17.0 Å². The Balaban J connectivity index is 1.60. The molecule has 0 aromatic heterocycles. The van der Waals surface area contributed by atoms with Crippen molar-refractivity contribution in [3.05, 3.63) is 71.8 Å². The predicted molar refractivity (Wildman–Crippen MR) is 124 cm³/mol. The number of unbranched alkanes of at least 4 members (excludes halogenated alkanes) is 1. The number of hydroxylamine groups is 2. The van der Waals surface area contributed by atoms with Gasteiger partial charge in [0.05, 0.1) is 11.1 Å². The van der Waals surface area contributed by atoms with Gasteiger partial charge in [-0.3, -0.25) is 4.79 Å². The molecule has 0 aliphatic carbocycles. The minimum atomic E-state index is -1.07. The van der Waals surface area contributed by atoms with Crippen molar-refractivity contribution in [2.75, 3.05) is 0 Å². The van der Waals surface area contributed by atoms with E-state index in [1.54, 1.807) is 0 Å². The lowest BCUT2D eigenvalue weighted by Crippen LogP contribution is -2.58. The van der Waals surface area contributed by atoms with Gasteiger partial charge >= 0.3 is 5.97 Å². The molecule has 0 radical (unpaired) electrons. The molecule has 31 heavy (non-hydrogen) atoms. The van der Waals surface area contributed by atoms with Crippen LogP contribution in [0.2, 0.25) is 0 Å². The van der Waals surface area contributed by atoms with Gasteiger partial charge in [0.15, 0.2) is 0 Å². The van der Waals surface area contributed by atoms with E-state index in [4.69, 9.17) is 4.84 Å². The van der Waals surface area contributed by atoms with Crippen molar-refractivity contribution in [1.29, 1.82) is 0 Å².